The van der Waals surface area contributed by atoms with Crippen molar-refractivity contribution in [2.75, 3.05) is 20.3 Å². The molecule has 2 rings (SSSR count). The summed E-state index contributed by atoms with van der Waals surface area (Å²) >= 11 is 0. The van der Waals surface area contributed by atoms with Crippen LogP contribution in [0.4, 0.5) is 4.39 Å². The van der Waals surface area contributed by atoms with Gasteiger partial charge in [0, 0.05) is 18.2 Å². The molecule has 2 N–H and O–H groups in total. The van der Waals surface area contributed by atoms with Crippen molar-refractivity contribution in [1.29, 1.82) is 0 Å². The summed E-state index contributed by atoms with van der Waals surface area (Å²) in [6.07, 6.45) is 0. The predicted octanol–water partition coefficient (Wildman–Crippen LogP) is 2.90. The molecule has 0 spiro atoms. The fraction of sp³-hybridized carbons (Fsp3) is 0.250. The topological polar surface area (TPSA) is 44.5 Å². The van der Waals surface area contributed by atoms with E-state index in [4.69, 9.17) is 15.2 Å². The molecule has 2 aromatic carbocycles. The van der Waals surface area contributed by atoms with Crippen LogP contribution in [0.25, 0.3) is 0 Å². The summed E-state index contributed by atoms with van der Waals surface area (Å²) in [5.41, 5.74) is 7.38. The smallest absolute Gasteiger partial charge is 0.128 e. The number of para-hydroxylation sites is 1. The van der Waals surface area contributed by atoms with Crippen molar-refractivity contribution in [3.63, 3.8) is 0 Å². The Bertz CT molecular complexity index is 560. The van der Waals surface area contributed by atoms with Gasteiger partial charge in [-0.25, -0.2) is 4.39 Å². The summed E-state index contributed by atoms with van der Waals surface area (Å²) in [5, 5.41) is 0. The molecule has 106 valence electrons. The molecular formula is C16H18FNO2. The highest BCUT2D eigenvalue weighted by molar-refractivity contribution is 5.41. The summed E-state index contributed by atoms with van der Waals surface area (Å²) in [7, 11) is 1.61. The lowest BCUT2D eigenvalue weighted by Crippen LogP contribution is -2.16. The molecule has 0 amide bonds. The molecule has 2 aromatic rings. The highest BCUT2D eigenvalue weighted by Gasteiger charge is 2.16. The maximum absolute atomic E-state index is 13.8. The lowest BCUT2D eigenvalue weighted by Gasteiger charge is -2.17. The Morgan fingerprint density at radius 1 is 1.00 bits per heavy atom. The molecule has 0 aliphatic carbocycles. The normalized spacial score (nSPS) is 12.2. The van der Waals surface area contributed by atoms with E-state index in [1.807, 2.05) is 24.3 Å². The molecule has 0 heterocycles. The molecule has 0 fully saturated rings. The number of methoxy groups -OCH3 is 1. The van der Waals surface area contributed by atoms with Crippen LogP contribution >= 0.6 is 0 Å². The average Bonchev–Trinajstić information content (AvgIpc) is 2.48. The molecule has 0 aliphatic rings. The summed E-state index contributed by atoms with van der Waals surface area (Å²) < 4.78 is 24.4. The maximum Gasteiger partial charge on any atom is 0.128 e. The van der Waals surface area contributed by atoms with E-state index in [0.717, 1.165) is 5.56 Å². The van der Waals surface area contributed by atoms with Crippen LogP contribution in [0.5, 0.6) is 5.75 Å². The first kappa shape index (κ1) is 14.5. The molecular weight excluding hydrogens is 257 g/mol. The summed E-state index contributed by atoms with van der Waals surface area (Å²) in [4.78, 5) is 0. The van der Waals surface area contributed by atoms with Gasteiger partial charge in [0.15, 0.2) is 0 Å². The van der Waals surface area contributed by atoms with Crippen LogP contribution in [-0.4, -0.2) is 20.3 Å². The van der Waals surface area contributed by atoms with Gasteiger partial charge in [-0.2, -0.15) is 0 Å². The van der Waals surface area contributed by atoms with Crippen molar-refractivity contribution in [2.24, 2.45) is 5.73 Å². The first-order chi connectivity index (χ1) is 9.74. The van der Waals surface area contributed by atoms with E-state index in [-0.39, 0.29) is 5.82 Å². The molecule has 0 bridgehead atoms. The second-order valence-corrected chi connectivity index (χ2v) is 4.38. The maximum atomic E-state index is 13.8. The lowest BCUT2D eigenvalue weighted by atomic mass is 9.98. The Kier molecular flexibility index (Phi) is 5.09. The van der Waals surface area contributed by atoms with Crippen LogP contribution in [-0.2, 0) is 4.74 Å². The molecule has 1 unspecified atom stereocenters. The second-order valence-electron chi connectivity index (χ2n) is 4.38. The predicted molar refractivity (Wildman–Crippen MR) is 76.2 cm³/mol. The molecule has 20 heavy (non-hydrogen) atoms. The molecule has 0 aromatic heterocycles. The third kappa shape index (κ3) is 3.35. The summed E-state index contributed by atoms with van der Waals surface area (Å²) in [6, 6.07) is 13.3. The van der Waals surface area contributed by atoms with Crippen LogP contribution in [0.15, 0.2) is 48.5 Å². The summed E-state index contributed by atoms with van der Waals surface area (Å²) in [5.74, 6) is 0.340. The minimum absolute atomic E-state index is 0.313. The van der Waals surface area contributed by atoms with Gasteiger partial charge in [-0.15, -0.1) is 0 Å². The number of nitrogens with two attached hydrogens (primary N) is 1. The Hall–Kier alpha value is -1.91. The van der Waals surface area contributed by atoms with Crippen LogP contribution < -0.4 is 10.5 Å². The van der Waals surface area contributed by atoms with Crippen molar-refractivity contribution in [1.82, 2.24) is 0 Å². The second kappa shape index (κ2) is 7.03. The number of benzene rings is 2. The molecule has 4 heteroatoms. The van der Waals surface area contributed by atoms with Crippen LogP contribution in [0.2, 0.25) is 0 Å². The van der Waals surface area contributed by atoms with Crippen LogP contribution in [0, 0.1) is 5.82 Å². The number of rotatable bonds is 6. The van der Waals surface area contributed by atoms with Crippen LogP contribution in [0.3, 0.4) is 0 Å². The van der Waals surface area contributed by atoms with Crippen molar-refractivity contribution in [2.45, 2.75) is 6.04 Å². The van der Waals surface area contributed by atoms with Gasteiger partial charge >= 0.3 is 0 Å². The van der Waals surface area contributed by atoms with Gasteiger partial charge in [-0.1, -0.05) is 36.4 Å². The highest BCUT2D eigenvalue weighted by atomic mass is 19.1. The zero-order chi connectivity index (χ0) is 14.4. The minimum atomic E-state index is -0.560. The van der Waals surface area contributed by atoms with Gasteiger partial charge in [-0.05, 0) is 12.1 Å². The largest absolute Gasteiger partial charge is 0.491 e. The molecule has 1 atom stereocenters. The molecule has 0 saturated carbocycles. The zero-order valence-electron chi connectivity index (χ0n) is 11.4. The average molecular weight is 275 g/mol. The molecule has 0 aliphatic heterocycles. The van der Waals surface area contributed by atoms with E-state index >= 15 is 0 Å². The number of halogens is 1. The first-order valence-corrected chi connectivity index (χ1v) is 6.44. The quantitative estimate of drug-likeness (QED) is 0.824. The monoisotopic (exact) mass is 275 g/mol. The van der Waals surface area contributed by atoms with E-state index in [1.54, 1.807) is 25.3 Å². The van der Waals surface area contributed by atoms with Gasteiger partial charge in [-0.3, -0.25) is 0 Å². The number of hydrogen-bond acceptors (Lipinski definition) is 3. The van der Waals surface area contributed by atoms with Crippen molar-refractivity contribution in [3.8, 4) is 5.75 Å². The highest BCUT2D eigenvalue weighted by Crippen LogP contribution is 2.29. The Morgan fingerprint density at radius 2 is 1.65 bits per heavy atom. The van der Waals surface area contributed by atoms with Gasteiger partial charge in [0.25, 0.3) is 0 Å². The van der Waals surface area contributed by atoms with Gasteiger partial charge in [0.05, 0.1) is 12.6 Å². The number of ether oxygens (including phenoxy) is 2. The van der Waals surface area contributed by atoms with Crippen molar-refractivity contribution < 1.29 is 13.9 Å². The fourth-order valence-electron chi connectivity index (χ4n) is 2.00. The SMILES string of the molecule is COCCOc1ccccc1C(N)c1ccccc1F. The lowest BCUT2D eigenvalue weighted by molar-refractivity contribution is 0.145. The van der Waals surface area contributed by atoms with E-state index in [2.05, 4.69) is 0 Å². The van der Waals surface area contributed by atoms with Gasteiger partial charge < -0.3 is 15.2 Å². The van der Waals surface area contributed by atoms with Gasteiger partial charge in [0.1, 0.15) is 18.2 Å². The van der Waals surface area contributed by atoms with E-state index in [1.165, 1.54) is 6.07 Å². The molecule has 3 nitrogen and oxygen atoms in total. The zero-order valence-corrected chi connectivity index (χ0v) is 11.4. The Labute approximate surface area is 118 Å². The minimum Gasteiger partial charge on any atom is -0.491 e. The standard InChI is InChI=1S/C16H18FNO2/c1-19-10-11-20-15-9-5-3-7-13(15)16(18)12-6-2-4-8-14(12)17/h2-9,16H,10-11,18H2,1H3. The molecule has 0 radical (unpaired) electrons. The third-order valence-corrected chi connectivity index (χ3v) is 3.04. The first-order valence-electron chi connectivity index (χ1n) is 6.44. The third-order valence-electron chi connectivity index (χ3n) is 3.04. The van der Waals surface area contributed by atoms with Crippen LogP contribution in [0.1, 0.15) is 17.2 Å². The van der Waals surface area contributed by atoms with E-state index in [9.17, 15) is 4.39 Å². The number of hydrogen-bond donors (Lipinski definition) is 1. The Balaban J connectivity index is 2.25. The summed E-state index contributed by atoms with van der Waals surface area (Å²) in [6.45, 7) is 0.917. The Morgan fingerprint density at radius 3 is 2.35 bits per heavy atom. The van der Waals surface area contributed by atoms with E-state index < -0.39 is 6.04 Å². The molecule has 0 saturated heterocycles. The van der Waals surface area contributed by atoms with Gasteiger partial charge in [0.2, 0.25) is 0 Å². The van der Waals surface area contributed by atoms with Crippen molar-refractivity contribution in [3.05, 3.63) is 65.5 Å². The van der Waals surface area contributed by atoms with Crippen molar-refractivity contribution >= 4 is 0 Å². The van der Waals surface area contributed by atoms with E-state index in [0.29, 0.717) is 24.5 Å². The fourth-order valence-corrected chi connectivity index (χ4v) is 2.00.